The summed E-state index contributed by atoms with van der Waals surface area (Å²) in [6, 6.07) is 11.3. The van der Waals surface area contributed by atoms with Crippen LogP contribution in [0.2, 0.25) is 0 Å². The summed E-state index contributed by atoms with van der Waals surface area (Å²) in [6.07, 6.45) is 5.88. The van der Waals surface area contributed by atoms with E-state index < -0.39 is 23.3 Å². The molecule has 0 radical (unpaired) electrons. The molecule has 2 amide bonds. The Balaban J connectivity index is 1.14. The number of aromatic nitrogens is 6. The monoisotopic (exact) mass is 766 g/mol. The molecule has 5 aromatic rings. The fourth-order valence-corrected chi connectivity index (χ4v) is 7.25. The lowest BCUT2D eigenvalue weighted by molar-refractivity contribution is -0.0368. The Morgan fingerprint density at radius 2 is 1.77 bits per heavy atom. The molecular formula is C42H51FN8O5. The van der Waals surface area contributed by atoms with Crippen molar-refractivity contribution in [3.63, 3.8) is 0 Å². The summed E-state index contributed by atoms with van der Waals surface area (Å²) in [5.74, 6) is -0.0457. The molecule has 13 nitrogen and oxygen atoms in total. The van der Waals surface area contributed by atoms with Crippen LogP contribution in [0.1, 0.15) is 126 Å². The first-order chi connectivity index (χ1) is 26.5. The molecule has 2 aliphatic heterocycles. The van der Waals surface area contributed by atoms with Gasteiger partial charge in [-0.05, 0) is 83.2 Å². The maximum Gasteiger partial charge on any atom is 0.410 e. The molecular weight excluding hydrogens is 716 g/mol. The van der Waals surface area contributed by atoms with Gasteiger partial charge >= 0.3 is 17.9 Å². The van der Waals surface area contributed by atoms with Gasteiger partial charge in [-0.1, -0.05) is 44.1 Å². The number of halogens is 1. The molecule has 4 aromatic heterocycles. The number of hydrogen-bond donors (Lipinski definition) is 1. The Labute approximate surface area is 326 Å². The van der Waals surface area contributed by atoms with E-state index in [4.69, 9.17) is 29.1 Å². The van der Waals surface area contributed by atoms with Gasteiger partial charge in [0, 0.05) is 72.4 Å². The van der Waals surface area contributed by atoms with E-state index in [1.54, 1.807) is 23.4 Å². The second kappa shape index (κ2) is 15.0. The lowest BCUT2D eigenvalue weighted by Crippen LogP contribution is -2.45. The summed E-state index contributed by atoms with van der Waals surface area (Å²) in [6.45, 7) is 16.4. The Hall–Kier alpha value is -5.24. The van der Waals surface area contributed by atoms with Crippen molar-refractivity contribution >= 4 is 23.0 Å². The number of amides is 2. The third-order valence-corrected chi connectivity index (χ3v) is 10.4. The molecule has 0 aliphatic carbocycles. The predicted molar refractivity (Wildman–Crippen MR) is 208 cm³/mol. The van der Waals surface area contributed by atoms with Crippen molar-refractivity contribution in [3.8, 4) is 22.5 Å². The highest BCUT2D eigenvalue weighted by atomic mass is 19.1. The number of piperidine rings is 1. The summed E-state index contributed by atoms with van der Waals surface area (Å²) < 4.78 is 35.0. The van der Waals surface area contributed by atoms with E-state index >= 15 is 4.39 Å². The molecule has 296 valence electrons. The molecule has 1 N–H and O–H groups in total. The highest BCUT2D eigenvalue weighted by molar-refractivity contribution is 5.94. The van der Waals surface area contributed by atoms with Crippen LogP contribution in [0, 0.1) is 6.92 Å². The SMILES string of the molecule is Cc1cc(-c2nn(C3CCCCO3)c3ncc(-c4ccc(C5(F)CCN(C(=O)OC(C)(C)C)CC5)cn4)cc23)ccc1[C@@H](C)NC(=O)c1nc(C(C)(C)C)no1. The second-order valence-electron chi connectivity index (χ2n) is 17.0. The number of aryl methyl sites for hydroxylation is 1. The first-order valence-electron chi connectivity index (χ1n) is 19.4. The molecule has 0 bridgehead atoms. The number of rotatable bonds is 7. The van der Waals surface area contributed by atoms with Crippen LogP contribution in [0.15, 0.2) is 53.3 Å². The molecule has 2 aliphatic rings. The van der Waals surface area contributed by atoms with Crippen LogP contribution in [-0.4, -0.2) is 72.1 Å². The standard InChI is InChI=1S/C42H51FN8O5/c1-25-21-27(12-14-30(25)26(2)46-36(52)37-47-38(49-56-37)40(3,4)5)34-31-22-28(23-45-35(31)51(48-34)33-11-9-10-20-54-33)32-15-13-29(24-44-32)42(43)16-18-50(19-17-42)39(53)55-41(6,7)8/h12-15,21-24,26,33H,9-11,16-20H2,1-8H3,(H,46,52)/t26-,33?/m1/s1. The van der Waals surface area contributed by atoms with Crippen molar-refractivity contribution in [1.82, 2.24) is 40.1 Å². The van der Waals surface area contributed by atoms with E-state index in [2.05, 4.69) is 21.5 Å². The van der Waals surface area contributed by atoms with Gasteiger partial charge in [0.2, 0.25) is 0 Å². The minimum absolute atomic E-state index is 0.0738. The minimum Gasteiger partial charge on any atom is -0.444 e. The van der Waals surface area contributed by atoms with E-state index in [1.807, 2.05) is 84.3 Å². The van der Waals surface area contributed by atoms with Gasteiger partial charge < -0.3 is 24.2 Å². The molecule has 1 unspecified atom stereocenters. The Morgan fingerprint density at radius 3 is 2.39 bits per heavy atom. The minimum atomic E-state index is -1.60. The van der Waals surface area contributed by atoms with Gasteiger partial charge in [-0.3, -0.25) is 9.78 Å². The lowest BCUT2D eigenvalue weighted by atomic mass is 9.87. The van der Waals surface area contributed by atoms with Crippen LogP contribution < -0.4 is 5.32 Å². The van der Waals surface area contributed by atoms with Gasteiger partial charge in [0.1, 0.15) is 17.0 Å². The first kappa shape index (κ1) is 39.0. The number of nitrogens with zero attached hydrogens (tertiary/aromatic N) is 7. The number of hydrogen-bond acceptors (Lipinski definition) is 10. The normalized spacial score (nSPS) is 18.2. The number of likely N-dealkylation sites (tertiary alicyclic amines) is 1. The third kappa shape index (κ3) is 8.16. The van der Waals surface area contributed by atoms with E-state index in [9.17, 15) is 9.59 Å². The number of alkyl halides is 1. The zero-order chi connectivity index (χ0) is 40.0. The number of fused-ring (bicyclic) bond motifs is 1. The number of carbonyl (C=O) groups is 2. The molecule has 0 saturated carbocycles. The van der Waals surface area contributed by atoms with Crippen molar-refractivity contribution in [2.45, 2.75) is 116 Å². The first-order valence-corrected chi connectivity index (χ1v) is 19.4. The van der Waals surface area contributed by atoms with Crippen molar-refractivity contribution in [2.75, 3.05) is 19.7 Å². The lowest BCUT2D eigenvalue weighted by Gasteiger charge is -2.37. The zero-order valence-corrected chi connectivity index (χ0v) is 33.5. The molecule has 0 spiro atoms. The van der Waals surface area contributed by atoms with E-state index in [1.165, 1.54) is 0 Å². The molecule has 14 heteroatoms. The van der Waals surface area contributed by atoms with Crippen LogP contribution in [0.25, 0.3) is 33.5 Å². The summed E-state index contributed by atoms with van der Waals surface area (Å²) >= 11 is 0. The highest BCUT2D eigenvalue weighted by Gasteiger charge is 2.39. The molecule has 2 saturated heterocycles. The molecule has 56 heavy (non-hydrogen) atoms. The van der Waals surface area contributed by atoms with Crippen LogP contribution in [0.4, 0.5) is 9.18 Å². The third-order valence-electron chi connectivity index (χ3n) is 10.4. The zero-order valence-electron chi connectivity index (χ0n) is 33.5. The molecule has 2 atom stereocenters. The number of pyridine rings is 2. The Bertz CT molecular complexity index is 2220. The molecule has 1 aromatic carbocycles. The topological polar surface area (TPSA) is 150 Å². The van der Waals surface area contributed by atoms with Crippen molar-refractivity contribution in [2.24, 2.45) is 0 Å². The average molecular weight is 767 g/mol. The molecule has 6 heterocycles. The predicted octanol–water partition coefficient (Wildman–Crippen LogP) is 8.54. The summed E-state index contributed by atoms with van der Waals surface area (Å²) in [7, 11) is 0. The summed E-state index contributed by atoms with van der Waals surface area (Å²) in [5, 5.41) is 12.9. The van der Waals surface area contributed by atoms with Gasteiger partial charge in [0.25, 0.3) is 0 Å². The maximum atomic E-state index is 16.2. The van der Waals surface area contributed by atoms with Crippen LogP contribution >= 0.6 is 0 Å². The maximum absolute atomic E-state index is 16.2. The molecule has 2 fully saturated rings. The number of nitrogens with one attached hydrogen (secondary N) is 1. The summed E-state index contributed by atoms with van der Waals surface area (Å²) in [5.41, 5.74) is 3.56. The van der Waals surface area contributed by atoms with E-state index in [0.29, 0.717) is 29.3 Å². The summed E-state index contributed by atoms with van der Waals surface area (Å²) in [4.78, 5) is 41.0. The smallest absolute Gasteiger partial charge is 0.410 e. The van der Waals surface area contributed by atoms with Crippen molar-refractivity contribution in [1.29, 1.82) is 0 Å². The van der Waals surface area contributed by atoms with Gasteiger partial charge in [0.15, 0.2) is 17.7 Å². The fourth-order valence-electron chi connectivity index (χ4n) is 7.25. The van der Waals surface area contributed by atoms with Gasteiger partial charge in [-0.15, -0.1) is 0 Å². The number of carbonyl (C=O) groups excluding carboxylic acids is 2. The average Bonchev–Trinajstić information content (AvgIpc) is 3.81. The van der Waals surface area contributed by atoms with Gasteiger partial charge in [-0.25, -0.2) is 18.9 Å². The Morgan fingerprint density at radius 1 is 1.00 bits per heavy atom. The van der Waals surface area contributed by atoms with Crippen LogP contribution in [0.5, 0.6) is 0 Å². The van der Waals surface area contributed by atoms with Crippen molar-refractivity contribution in [3.05, 3.63) is 77.2 Å². The quantitative estimate of drug-likeness (QED) is 0.171. The Kier molecular flexibility index (Phi) is 10.5. The fraction of sp³-hybridized carbons (Fsp3) is 0.500. The molecule has 7 rings (SSSR count). The van der Waals surface area contributed by atoms with Crippen LogP contribution in [0.3, 0.4) is 0 Å². The van der Waals surface area contributed by atoms with E-state index in [0.717, 1.165) is 52.6 Å². The van der Waals surface area contributed by atoms with E-state index in [-0.39, 0.29) is 49.5 Å². The van der Waals surface area contributed by atoms with Gasteiger partial charge in [-0.2, -0.15) is 10.1 Å². The number of benzene rings is 1. The largest absolute Gasteiger partial charge is 0.444 e. The van der Waals surface area contributed by atoms with Crippen LogP contribution in [-0.2, 0) is 20.6 Å². The second-order valence-corrected chi connectivity index (χ2v) is 17.0. The van der Waals surface area contributed by atoms with Crippen molar-refractivity contribution < 1.29 is 28.0 Å². The van der Waals surface area contributed by atoms with Gasteiger partial charge in [0.05, 0.1) is 11.7 Å². The number of ether oxygens (including phenoxy) is 2. The highest BCUT2D eigenvalue weighted by Crippen LogP contribution is 2.39.